The minimum atomic E-state index is -1.08. The molecule has 0 saturated carbocycles. The summed E-state index contributed by atoms with van der Waals surface area (Å²) in [7, 11) is 0. The van der Waals surface area contributed by atoms with Crippen LogP contribution >= 0.6 is 0 Å². The lowest BCUT2D eigenvalue weighted by Crippen LogP contribution is -2.49. The maximum absolute atomic E-state index is 12.9. The number of benzene rings is 2. The highest BCUT2D eigenvalue weighted by Gasteiger charge is 2.33. The third-order valence-corrected chi connectivity index (χ3v) is 4.19. The van der Waals surface area contributed by atoms with E-state index in [1.54, 1.807) is 26.8 Å². The summed E-state index contributed by atoms with van der Waals surface area (Å²) in [4.78, 5) is 24.5. The molecule has 0 saturated heterocycles. The smallest absolute Gasteiger partial charge is 0.326 e. The molecule has 0 aliphatic carbocycles. The van der Waals surface area contributed by atoms with Gasteiger partial charge in [0.1, 0.15) is 18.4 Å². The topological polar surface area (TPSA) is 75.6 Å². The van der Waals surface area contributed by atoms with Crippen LogP contribution in [-0.2, 0) is 4.79 Å². The van der Waals surface area contributed by atoms with Gasteiger partial charge in [-0.25, -0.2) is 4.79 Å². The molecule has 2 aromatic carbocycles. The van der Waals surface area contributed by atoms with Crippen LogP contribution in [0.4, 0.5) is 0 Å². The summed E-state index contributed by atoms with van der Waals surface area (Å²) in [6.45, 7) is 9.43. The van der Waals surface area contributed by atoms with Crippen molar-refractivity contribution in [3.8, 4) is 17.6 Å². The second-order valence-corrected chi connectivity index (χ2v) is 8.04. The number of rotatable bonds is 5. The molecule has 2 N–H and O–H groups in total. The Morgan fingerprint density at radius 2 is 1.82 bits per heavy atom. The predicted octanol–water partition coefficient (Wildman–Crippen LogP) is 4.11. The Bertz CT molecular complexity index is 929. The van der Waals surface area contributed by atoms with E-state index in [0.717, 1.165) is 10.8 Å². The Labute approximate surface area is 166 Å². The van der Waals surface area contributed by atoms with Crippen molar-refractivity contribution >= 4 is 22.6 Å². The molecular formula is C23H27NO4. The SMILES string of the molecule is CC(C)C#CCOc1c(C(=O)NC(C(=O)O)C(C)(C)C)ccc2ccccc12. The highest BCUT2D eigenvalue weighted by Crippen LogP contribution is 2.30. The third kappa shape index (κ3) is 5.26. The summed E-state index contributed by atoms with van der Waals surface area (Å²) in [6, 6.07) is 10.0. The zero-order chi connectivity index (χ0) is 20.9. The molecule has 148 valence electrons. The molecule has 1 amide bonds. The van der Waals surface area contributed by atoms with Gasteiger partial charge in [0.05, 0.1) is 5.56 Å². The van der Waals surface area contributed by atoms with Crippen molar-refractivity contribution in [2.45, 2.75) is 40.7 Å². The van der Waals surface area contributed by atoms with Gasteiger partial charge >= 0.3 is 5.97 Å². The largest absolute Gasteiger partial charge is 0.480 e. The van der Waals surface area contributed by atoms with Gasteiger partial charge in [-0.05, 0) is 16.9 Å². The zero-order valence-electron chi connectivity index (χ0n) is 17.0. The van der Waals surface area contributed by atoms with Crippen molar-refractivity contribution in [3.05, 3.63) is 42.0 Å². The second kappa shape index (κ2) is 8.79. The fraction of sp³-hybridized carbons (Fsp3) is 0.391. The molecule has 1 atom stereocenters. The van der Waals surface area contributed by atoms with Crippen LogP contribution in [0.15, 0.2) is 36.4 Å². The average Bonchev–Trinajstić information content (AvgIpc) is 2.61. The molecule has 0 fully saturated rings. The first-order chi connectivity index (χ1) is 13.1. The first kappa shape index (κ1) is 21.3. The molecule has 1 unspecified atom stereocenters. The Morgan fingerprint density at radius 1 is 1.14 bits per heavy atom. The van der Waals surface area contributed by atoms with E-state index < -0.39 is 23.3 Å². The monoisotopic (exact) mass is 381 g/mol. The number of carboxylic acids is 1. The molecule has 2 rings (SSSR count). The van der Waals surface area contributed by atoms with Gasteiger partial charge in [0.25, 0.3) is 5.91 Å². The Morgan fingerprint density at radius 3 is 2.43 bits per heavy atom. The highest BCUT2D eigenvalue weighted by molar-refractivity contribution is 6.05. The summed E-state index contributed by atoms with van der Waals surface area (Å²) < 4.78 is 5.87. The first-order valence-electron chi connectivity index (χ1n) is 9.28. The van der Waals surface area contributed by atoms with Crippen LogP contribution in [0, 0.1) is 23.2 Å². The first-order valence-corrected chi connectivity index (χ1v) is 9.28. The number of amides is 1. The Hall–Kier alpha value is -3.00. The van der Waals surface area contributed by atoms with Crippen molar-refractivity contribution in [1.82, 2.24) is 5.32 Å². The number of carbonyl (C=O) groups excluding carboxylic acids is 1. The molecule has 0 spiro atoms. The van der Waals surface area contributed by atoms with Crippen LogP contribution in [-0.4, -0.2) is 29.6 Å². The number of carbonyl (C=O) groups is 2. The number of hydrogen-bond acceptors (Lipinski definition) is 3. The van der Waals surface area contributed by atoms with Gasteiger partial charge in [-0.3, -0.25) is 4.79 Å². The molecule has 0 heterocycles. The van der Waals surface area contributed by atoms with Gasteiger partial charge in [-0.2, -0.15) is 0 Å². The van der Waals surface area contributed by atoms with Crippen LogP contribution in [0.2, 0.25) is 0 Å². The van der Waals surface area contributed by atoms with Gasteiger partial charge in [-0.15, -0.1) is 0 Å². The summed E-state index contributed by atoms with van der Waals surface area (Å²) in [5.41, 5.74) is -0.345. The predicted molar refractivity (Wildman–Crippen MR) is 110 cm³/mol. The minimum absolute atomic E-state index is 0.147. The van der Waals surface area contributed by atoms with Gasteiger partial charge in [-0.1, -0.05) is 76.8 Å². The van der Waals surface area contributed by atoms with Crippen LogP contribution in [0.25, 0.3) is 10.8 Å². The normalized spacial score (nSPS) is 12.2. The lowest BCUT2D eigenvalue weighted by Gasteiger charge is -2.28. The molecule has 0 bridgehead atoms. The second-order valence-electron chi connectivity index (χ2n) is 8.04. The Kier molecular flexibility index (Phi) is 6.69. The van der Waals surface area contributed by atoms with Gasteiger partial charge in [0.2, 0.25) is 0 Å². The molecule has 0 aromatic heterocycles. The maximum Gasteiger partial charge on any atom is 0.326 e. The molecule has 0 aliphatic heterocycles. The van der Waals surface area contributed by atoms with E-state index in [-0.39, 0.29) is 12.5 Å². The molecule has 0 aliphatic rings. The number of nitrogens with one attached hydrogen (secondary N) is 1. The van der Waals surface area contributed by atoms with E-state index in [1.165, 1.54) is 0 Å². The minimum Gasteiger partial charge on any atom is -0.480 e. The van der Waals surface area contributed by atoms with Crippen molar-refractivity contribution < 1.29 is 19.4 Å². The highest BCUT2D eigenvalue weighted by atomic mass is 16.5. The standard InChI is InChI=1S/C23H27NO4/c1-15(2)9-8-14-28-19-17-11-7-6-10-16(17)12-13-18(19)21(25)24-20(22(26)27)23(3,4)5/h6-7,10-13,15,20H,14H2,1-5H3,(H,24,25)(H,26,27). The van der Waals surface area contributed by atoms with E-state index in [0.29, 0.717) is 11.3 Å². The van der Waals surface area contributed by atoms with E-state index in [1.807, 2.05) is 44.2 Å². The van der Waals surface area contributed by atoms with Crippen molar-refractivity contribution in [2.24, 2.45) is 11.3 Å². The maximum atomic E-state index is 12.9. The summed E-state index contributed by atoms with van der Waals surface area (Å²) in [6.07, 6.45) is 0. The number of fused-ring (bicyclic) bond motifs is 1. The number of hydrogen-bond donors (Lipinski definition) is 2. The van der Waals surface area contributed by atoms with Crippen LogP contribution in [0.5, 0.6) is 5.75 Å². The van der Waals surface area contributed by atoms with Crippen LogP contribution < -0.4 is 10.1 Å². The summed E-state index contributed by atoms with van der Waals surface area (Å²) in [5, 5.41) is 13.8. The van der Waals surface area contributed by atoms with E-state index >= 15 is 0 Å². The lowest BCUT2D eigenvalue weighted by atomic mass is 9.86. The molecule has 5 heteroatoms. The zero-order valence-corrected chi connectivity index (χ0v) is 17.0. The van der Waals surface area contributed by atoms with Crippen molar-refractivity contribution in [2.75, 3.05) is 6.61 Å². The fourth-order valence-electron chi connectivity index (χ4n) is 2.79. The van der Waals surface area contributed by atoms with Gasteiger partial charge in [0, 0.05) is 11.3 Å². The molecule has 2 aromatic rings. The lowest BCUT2D eigenvalue weighted by molar-refractivity contribution is -0.142. The number of aliphatic carboxylic acids is 1. The molecule has 5 nitrogen and oxygen atoms in total. The quantitative estimate of drug-likeness (QED) is 0.765. The summed E-state index contributed by atoms with van der Waals surface area (Å²) >= 11 is 0. The molecule has 28 heavy (non-hydrogen) atoms. The van der Waals surface area contributed by atoms with E-state index in [4.69, 9.17) is 4.74 Å². The number of ether oxygens (including phenoxy) is 1. The van der Waals surface area contributed by atoms with Crippen molar-refractivity contribution in [1.29, 1.82) is 0 Å². The van der Waals surface area contributed by atoms with Gasteiger partial charge < -0.3 is 15.2 Å². The van der Waals surface area contributed by atoms with Crippen LogP contribution in [0.1, 0.15) is 45.0 Å². The fourth-order valence-corrected chi connectivity index (χ4v) is 2.79. The molecule has 0 radical (unpaired) electrons. The summed E-state index contributed by atoms with van der Waals surface area (Å²) in [5.74, 6) is 5.05. The van der Waals surface area contributed by atoms with E-state index in [9.17, 15) is 14.7 Å². The third-order valence-electron chi connectivity index (χ3n) is 4.19. The average molecular weight is 381 g/mol. The number of carboxylic acid groups (broad SMARTS) is 1. The molecular weight excluding hydrogens is 354 g/mol. The Balaban J connectivity index is 2.42. The van der Waals surface area contributed by atoms with E-state index in [2.05, 4.69) is 17.2 Å². The van der Waals surface area contributed by atoms with Crippen LogP contribution in [0.3, 0.4) is 0 Å². The van der Waals surface area contributed by atoms with Gasteiger partial charge in [0.15, 0.2) is 0 Å². The van der Waals surface area contributed by atoms with Crippen molar-refractivity contribution in [3.63, 3.8) is 0 Å².